The molecule has 0 aliphatic rings. The number of ether oxygens (including phenoxy) is 1. The highest BCUT2D eigenvalue weighted by Gasteiger charge is 2.09. The van der Waals surface area contributed by atoms with Gasteiger partial charge in [0.2, 0.25) is 0 Å². The summed E-state index contributed by atoms with van der Waals surface area (Å²) in [6.45, 7) is 5.74. The van der Waals surface area contributed by atoms with E-state index in [0.29, 0.717) is 12.4 Å². The van der Waals surface area contributed by atoms with Crippen molar-refractivity contribution in [2.45, 2.75) is 45.6 Å². The molecule has 1 aromatic rings. The minimum absolute atomic E-state index is 0.142. The van der Waals surface area contributed by atoms with E-state index in [1.54, 1.807) is 6.07 Å². The first-order valence-electron chi connectivity index (χ1n) is 7.45. The Morgan fingerprint density at radius 3 is 2.75 bits per heavy atom. The Hall–Kier alpha value is -1.13. The van der Waals surface area contributed by atoms with E-state index < -0.39 is 0 Å². The molecule has 3 nitrogen and oxygen atoms in total. The van der Waals surface area contributed by atoms with Crippen LogP contribution in [0.4, 0.5) is 4.39 Å². The second-order valence-corrected chi connectivity index (χ2v) is 5.00. The lowest BCUT2D eigenvalue weighted by Gasteiger charge is -2.15. The Morgan fingerprint density at radius 2 is 2.10 bits per heavy atom. The number of benzene rings is 1. The van der Waals surface area contributed by atoms with Crippen LogP contribution in [0.15, 0.2) is 18.2 Å². The molecule has 1 aromatic carbocycles. The lowest BCUT2D eigenvalue weighted by Crippen LogP contribution is -2.19. The lowest BCUT2D eigenvalue weighted by molar-refractivity contribution is 0.261. The van der Waals surface area contributed by atoms with Gasteiger partial charge in [-0.3, -0.25) is 0 Å². The van der Waals surface area contributed by atoms with Crippen molar-refractivity contribution in [1.82, 2.24) is 5.32 Å². The van der Waals surface area contributed by atoms with Gasteiger partial charge in [-0.25, -0.2) is 4.39 Å². The molecule has 0 heterocycles. The molecule has 4 heteroatoms. The minimum Gasteiger partial charge on any atom is -0.491 e. The third-order valence-corrected chi connectivity index (χ3v) is 3.22. The van der Waals surface area contributed by atoms with Gasteiger partial charge in [0.05, 0.1) is 6.61 Å². The number of aliphatic hydroxyl groups is 1. The number of halogens is 1. The molecule has 0 saturated carbocycles. The molecular formula is C16H26FNO2. The van der Waals surface area contributed by atoms with Crippen LogP contribution in [0, 0.1) is 5.82 Å². The lowest BCUT2D eigenvalue weighted by atomic mass is 10.1. The smallest absolute Gasteiger partial charge is 0.165 e. The Kier molecular flexibility index (Phi) is 8.23. The van der Waals surface area contributed by atoms with Crippen molar-refractivity contribution in [3.63, 3.8) is 0 Å². The fourth-order valence-electron chi connectivity index (χ4n) is 1.95. The molecule has 114 valence electrons. The van der Waals surface area contributed by atoms with Crippen LogP contribution in [0.25, 0.3) is 0 Å². The van der Waals surface area contributed by atoms with Crippen LogP contribution in [-0.4, -0.2) is 24.9 Å². The zero-order valence-electron chi connectivity index (χ0n) is 12.5. The Bertz CT molecular complexity index is 385. The molecule has 0 bridgehead atoms. The fourth-order valence-corrected chi connectivity index (χ4v) is 1.95. The van der Waals surface area contributed by atoms with Gasteiger partial charge >= 0.3 is 0 Å². The summed E-state index contributed by atoms with van der Waals surface area (Å²) in [6, 6.07) is 5.28. The van der Waals surface area contributed by atoms with Gasteiger partial charge in [-0.2, -0.15) is 0 Å². The minimum atomic E-state index is -0.310. The molecule has 0 aliphatic carbocycles. The van der Waals surface area contributed by atoms with Crippen molar-refractivity contribution >= 4 is 0 Å². The molecule has 0 spiro atoms. The van der Waals surface area contributed by atoms with Crippen LogP contribution in [0.1, 0.15) is 51.1 Å². The van der Waals surface area contributed by atoms with Crippen LogP contribution in [0.2, 0.25) is 0 Å². The summed E-state index contributed by atoms with van der Waals surface area (Å²) in [6.07, 6.45) is 3.55. The van der Waals surface area contributed by atoms with E-state index in [2.05, 4.69) is 12.2 Å². The highest BCUT2D eigenvalue weighted by atomic mass is 19.1. The SMILES string of the molecule is CCCNC(C)c1ccc(OCCCCCO)c(F)c1. The monoisotopic (exact) mass is 283 g/mol. The van der Waals surface area contributed by atoms with E-state index in [4.69, 9.17) is 9.84 Å². The fraction of sp³-hybridized carbons (Fsp3) is 0.625. The summed E-state index contributed by atoms with van der Waals surface area (Å²) >= 11 is 0. The quantitative estimate of drug-likeness (QED) is 0.646. The zero-order chi connectivity index (χ0) is 14.8. The first kappa shape index (κ1) is 16.9. The van der Waals surface area contributed by atoms with E-state index >= 15 is 0 Å². The Morgan fingerprint density at radius 1 is 1.30 bits per heavy atom. The van der Waals surface area contributed by atoms with Crippen LogP contribution in [0.3, 0.4) is 0 Å². The van der Waals surface area contributed by atoms with Crippen molar-refractivity contribution < 1.29 is 14.2 Å². The molecule has 0 amide bonds. The van der Waals surface area contributed by atoms with Crippen LogP contribution < -0.4 is 10.1 Å². The van der Waals surface area contributed by atoms with Gasteiger partial charge in [0.25, 0.3) is 0 Å². The second kappa shape index (κ2) is 9.72. The molecule has 0 aliphatic heterocycles. The van der Waals surface area contributed by atoms with Gasteiger partial charge in [0.15, 0.2) is 11.6 Å². The molecule has 0 radical (unpaired) electrons. The van der Waals surface area contributed by atoms with Crippen molar-refractivity contribution in [3.05, 3.63) is 29.6 Å². The molecule has 20 heavy (non-hydrogen) atoms. The molecule has 1 unspecified atom stereocenters. The number of aliphatic hydroxyl groups excluding tert-OH is 1. The van der Waals surface area contributed by atoms with Crippen molar-refractivity contribution in [2.75, 3.05) is 19.8 Å². The van der Waals surface area contributed by atoms with E-state index in [1.165, 1.54) is 6.07 Å². The standard InChI is InChI=1S/C16H26FNO2/c1-3-9-18-13(2)14-7-8-16(15(17)12-14)20-11-6-4-5-10-19/h7-8,12-13,18-19H,3-6,9-11H2,1-2H3. The average Bonchev–Trinajstić information content (AvgIpc) is 2.46. The third-order valence-electron chi connectivity index (χ3n) is 3.22. The van der Waals surface area contributed by atoms with Crippen molar-refractivity contribution in [2.24, 2.45) is 0 Å². The van der Waals surface area contributed by atoms with Crippen LogP contribution in [-0.2, 0) is 0 Å². The molecular weight excluding hydrogens is 257 g/mol. The molecule has 0 saturated heterocycles. The van der Waals surface area contributed by atoms with Gasteiger partial charge < -0.3 is 15.2 Å². The van der Waals surface area contributed by atoms with E-state index in [9.17, 15) is 4.39 Å². The number of hydrogen-bond donors (Lipinski definition) is 2. The van der Waals surface area contributed by atoms with Gasteiger partial charge in [0, 0.05) is 12.6 Å². The first-order valence-corrected chi connectivity index (χ1v) is 7.45. The molecule has 1 rings (SSSR count). The van der Waals surface area contributed by atoms with Crippen LogP contribution >= 0.6 is 0 Å². The number of nitrogens with one attached hydrogen (secondary N) is 1. The highest BCUT2D eigenvalue weighted by Crippen LogP contribution is 2.22. The third kappa shape index (κ3) is 5.88. The number of hydrogen-bond acceptors (Lipinski definition) is 3. The van der Waals surface area contributed by atoms with E-state index in [-0.39, 0.29) is 18.5 Å². The summed E-state index contributed by atoms with van der Waals surface area (Å²) in [4.78, 5) is 0. The maximum absolute atomic E-state index is 13.9. The Balaban J connectivity index is 2.46. The average molecular weight is 283 g/mol. The van der Waals surface area contributed by atoms with Crippen molar-refractivity contribution in [1.29, 1.82) is 0 Å². The van der Waals surface area contributed by atoms with Gasteiger partial charge in [-0.15, -0.1) is 0 Å². The molecule has 0 fully saturated rings. The van der Waals surface area contributed by atoms with Crippen LogP contribution in [0.5, 0.6) is 5.75 Å². The van der Waals surface area contributed by atoms with E-state index in [0.717, 1.165) is 37.8 Å². The summed E-state index contributed by atoms with van der Waals surface area (Å²) in [7, 11) is 0. The largest absolute Gasteiger partial charge is 0.491 e. The maximum Gasteiger partial charge on any atom is 0.165 e. The first-order chi connectivity index (χ1) is 9.69. The van der Waals surface area contributed by atoms with Gasteiger partial charge in [0.1, 0.15) is 0 Å². The highest BCUT2D eigenvalue weighted by molar-refractivity contribution is 5.30. The predicted molar refractivity (Wildman–Crippen MR) is 79.5 cm³/mol. The summed E-state index contributed by atoms with van der Waals surface area (Å²) < 4.78 is 19.3. The number of rotatable bonds is 10. The topological polar surface area (TPSA) is 41.5 Å². The summed E-state index contributed by atoms with van der Waals surface area (Å²) in [5.41, 5.74) is 0.934. The molecule has 0 aromatic heterocycles. The maximum atomic E-state index is 13.9. The van der Waals surface area contributed by atoms with E-state index in [1.807, 2.05) is 13.0 Å². The number of unbranched alkanes of at least 4 members (excludes halogenated alkanes) is 2. The normalized spacial score (nSPS) is 12.4. The summed E-state index contributed by atoms with van der Waals surface area (Å²) in [5, 5.41) is 12.0. The zero-order valence-corrected chi connectivity index (χ0v) is 12.5. The molecule has 2 N–H and O–H groups in total. The summed E-state index contributed by atoms with van der Waals surface area (Å²) in [5.74, 6) is -0.00440. The Labute approximate surface area is 121 Å². The predicted octanol–water partition coefficient (Wildman–Crippen LogP) is 3.43. The molecule has 1 atom stereocenters. The van der Waals surface area contributed by atoms with Gasteiger partial charge in [-0.1, -0.05) is 13.0 Å². The second-order valence-electron chi connectivity index (χ2n) is 5.00. The van der Waals surface area contributed by atoms with Gasteiger partial charge in [-0.05, 0) is 56.8 Å². The van der Waals surface area contributed by atoms with Crippen molar-refractivity contribution in [3.8, 4) is 5.75 Å².